The smallest absolute Gasteiger partial charge is 0.335 e. The quantitative estimate of drug-likeness (QED) is 0.785. The van der Waals surface area contributed by atoms with E-state index in [9.17, 15) is 4.79 Å². The summed E-state index contributed by atoms with van der Waals surface area (Å²) >= 11 is 7.61. The first-order chi connectivity index (χ1) is 10.1. The molecule has 0 spiro atoms. The third-order valence-electron chi connectivity index (χ3n) is 2.91. The van der Waals surface area contributed by atoms with Crippen LogP contribution in [-0.4, -0.2) is 21.2 Å². The molecule has 2 heterocycles. The van der Waals surface area contributed by atoms with E-state index in [2.05, 4.69) is 10.1 Å². The molecule has 1 N–H and O–H groups in total. The predicted molar refractivity (Wildman–Crippen MR) is 79.8 cm³/mol. The van der Waals surface area contributed by atoms with Gasteiger partial charge in [-0.1, -0.05) is 28.9 Å². The van der Waals surface area contributed by atoms with E-state index in [4.69, 9.17) is 21.2 Å². The zero-order chi connectivity index (χ0) is 15.0. The third-order valence-corrected chi connectivity index (χ3v) is 4.59. The molecule has 106 valence electrons. The Labute approximate surface area is 128 Å². The Kier molecular flexibility index (Phi) is 3.48. The van der Waals surface area contributed by atoms with Crippen LogP contribution in [-0.2, 0) is 0 Å². The van der Waals surface area contributed by atoms with Crippen LogP contribution in [0.3, 0.4) is 0 Å². The standard InChI is InChI=1S/C14H9ClN2O3S/c1-7-6-21-11(10(7)15)13-16-12(17-20-13)8-2-4-9(5-3-8)14(18)19/h2-6H,1H3,(H,18,19). The molecule has 0 bridgehead atoms. The fraction of sp³-hybridized carbons (Fsp3) is 0.0714. The number of halogens is 1. The molecule has 0 aliphatic rings. The average Bonchev–Trinajstić information content (AvgIpc) is 3.07. The number of hydrogen-bond acceptors (Lipinski definition) is 5. The normalized spacial score (nSPS) is 10.8. The number of aryl methyl sites for hydroxylation is 1. The molecule has 0 aliphatic carbocycles. The van der Waals surface area contributed by atoms with Gasteiger partial charge in [-0.25, -0.2) is 4.79 Å². The number of carboxylic acid groups (broad SMARTS) is 1. The number of nitrogens with zero attached hydrogens (tertiary/aromatic N) is 2. The molecule has 5 nitrogen and oxygen atoms in total. The monoisotopic (exact) mass is 320 g/mol. The van der Waals surface area contributed by atoms with Gasteiger partial charge >= 0.3 is 5.97 Å². The second-order valence-electron chi connectivity index (χ2n) is 4.37. The highest BCUT2D eigenvalue weighted by Crippen LogP contribution is 2.36. The molecule has 3 rings (SSSR count). The number of benzene rings is 1. The number of carboxylic acids is 1. The molecule has 0 fully saturated rings. The van der Waals surface area contributed by atoms with Gasteiger partial charge in [0.25, 0.3) is 5.89 Å². The van der Waals surface area contributed by atoms with Crippen LogP contribution in [0.1, 0.15) is 15.9 Å². The van der Waals surface area contributed by atoms with Gasteiger partial charge in [-0.05, 0) is 30.0 Å². The van der Waals surface area contributed by atoms with E-state index in [0.29, 0.717) is 22.3 Å². The van der Waals surface area contributed by atoms with Crippen molar-refractivity contribution in [2.45, 2.75) is 6.92 Å². The molecule has 1 aromatic carbocycles. The van der Waals surface area contributed by atoms with Crippen molar-refractivity contribution in [3.05, 3.63) is 45.8 Å². The summed E-state index contributed by atoms with van der Waals surface area (Å²) < 4.78 is 5.23. The van der Waals surface area contributed by atoms with Crippen LogP contribution in [0, 0.1) is 6.92 Å². The molecule has 3 aromatic rings. The lowest BCUT2D eigenvalue weighted by atomic mass is 10.1. The maximum Gasteiger partial charge on any atom is 0.335 e. The molecule has 21 heavy (non-hydrogen) atoms. The van der Waals surface area contributed by atoms with Crippen molar-refractivity contribution in [2.75, 3.05) is 0 Å². The fourth-order valence-electron chi connectivity index (χ4n) is 1.77. The summed E-state index contributed by atoms with van der Waals surface area (Å²) in [5.41, 5.74) is 1.85. The number of thiophene rings is 1. The van der Waals surface area contributed by atoms with Crippen LogP contribution < -0.4 is 0 Å². The Morgan fingerprint density at radius 2 is 2.05 bits per heavy atom. The molecule has 2 aromatic heterocycles. The van der Waals surface area contributed by atoms with Crippen molar-refractivity contribution < 1.29 is 14.4 Å². The van der Waals surface area contributed by atoms with Gasteiger partial charge in [-0.2, -0.15) is 4.98 Å². The van der Waals surface area contributed by atoms with Gasteiger partial charge in [-0.15, -0.1) is 11.3 Å². The highest BCUT2D eigenvalue weighted by atomic mass is 35.5. The average molecular weight is 321 g/mol. The van der Waals surface area contributed by atoms with Crippen LogP contribution in [0.25, 0.3) is 22.2 Å². The number of hydrogen-bond donors (Lipinski definition) is 1. The zero-order valence-electron chi connectivity index (χ0n) is 10.8. The van der Waals surface area contributed by atoms with Crippen molar-refractivity contribution in [3.8, 4) is 22.2 Å². The van der Waals surface area contributed by atoms with Crippen molar-refractivity contribution >= 4 is 28.9 Å². The second kappa shape index (κ2) is 5.31. The van der Waals surface area contributed by atoms with Crippen LogP contribution in [0.5, 0.6) is 0 Å². The van der Waals surface area contributed by atoms with Crippen LogP contribution in [0.15, 0.2) is 34.2 Å². The molecular weight excluding hydrogens is 312 g/mol. The van der Waals surface area contributed by atoms with Gasteiger partial charge in [0.15, 0.2) is 0 Å². The molecule has 0 saturated carbocycles. The van der Waals surface area contributed by atoms with Crippen LogP contribution >= 0.6 is 22.9 Å². The van der Waals surface area contributed by atoms with Gasteiger partial charge in [0, 0.05) is 5.56 Å². The van der Waals surface area contributed by atoms with Gasteiger partial charge in [0.2, 0.25) is 5.82 Å². The van der Waals surface area contributed by atoms with E-state index in [1.807, 2.05) is 12.3 Å². The first-order valence-electron chi connectivity index (χ1n) is 5.97. The molecular formula is C14H9ClN2O3S. The van der Waals surface area contributed by atoms with Gasteiger partial charge < -0.3 is 9.63 Å². The van der Waals surface area contributed by atoms with Crippen molar-refractivity contribution in [2.24, 2.45) is 0 Å². The molecule has 0 aliphatic heterocycles. The minimum atomic E-state index is -0.976. The zero-order valence-corrected chi connectivity index (χ0v) is 12.4. The number of aromatic nitrogens is 2. The maximum absolute atomic E-state index is 10.8. The summed E-state index contributed by atoms with van der Waals surface area (Å²) in [6, 6.07) is 6.27. The Balaban J connectivity index is 1.94. The fourth-order valence-corrected chi connectivity index (χ4v) is 2.96. The SMILES string of the molecule is Cc1csc(-c2nc(-c3ccc(C(=O)O)cc3)no2)c1Cl. The van der Waals surface area contributed by atoms with E-state index < -0.39 is 5.97 Å². The summed E-state index contributed by atoms with van der Waals surface area (Å²) in [4.78, 5) is 15.8. The molecule has 0 saturated heterocycles. The first kappa shape index (κ1) is 13.8. The number of aromatic carboxylic acids is 1. The highest BCUT2D eigenvalue weighted by Gasteiger charge is 2.16. The van der Waals surface area contributed by atoms with Crippen molar-refractivity contribution in [1.29, 1.82) is 0 Å². The topological polar surface area (TPSA) is 76.2 Å². The summed E-state index contributed by atoms with van der Waals surface area (Å²) in [5, 5.41) is 15.3. The Morgan fingerprint density at radius 1 is 1.33 bits per heavy atom. The minimum absolute atomic E-state index is 0.208. The Bertz CT molecular complexity index is 808. The Morgan fingerprint density at radius 3 is 2.62 bits per heavy atom. The molecule has 0 radical (unpaired) electrons. The number of rotatable bonds is 3. The van der Waals surface area contributed by atoms with Crippen LogP contribution in [0.2, 0.25) is 5.02 Å². The largest absolute Gasteiger partial charge is 0.478 e. The molecule has 0 unspecified atom stereocenters. The first-order valence-corrected chi connectivity index (χ1v) is 7.23. The van der Waals surface area contributed by atoms with E-state index in [-0.39, 0.29) is 5.56 Å². The molecule has 7 heteroatoms. The summed E-state index contributed by atoms with van der Waals surface area (Å²) in [6.45, 7) is 1.91. The van der Waals surface area contributed by atoms with Gasteiger partial charge in [0.05, 0.1) is 10.6 Å². The summed E-state index contributed by atoms with van der Waals surface area (Å²) in [5.74, 6) is -0.226. The van der Waals surface area contributed by atoms with Gasteiger partial charge in [0.1, 0.15) is 4.88 Å². The van der Waals surface area contributed by atoms with E-state index in [1.54, 1.807) is 12.1 Å². The van der Waals surface area contributed by atoms with E-state index in [1.165, 1.54) is 23.5 Å². The van der Waals surface area contributed by atoms with Crippen molar-refractivity contribution in [3.63, 3.8) is 0 Å². The van der Waals surface area contributed by atoms with Crippen molar-refractivity contribution in [1.82, 2.24) is 10.1 Å². The Hall–Kier alpha value is -2.18. The highest BCUT2D eigenvalue weighted by molar-refractivity contribution is 7.14. The van der Waals surface area contributed by atoms with E-state index >= 15 is 0 Å². The lowest BCUT2D eigenvalue weighted by Crippen LogP contribution is -1.95. The van der Waals surface area contributed by atoms with Gasteiger partial charge in [-0.3, -0.25) is 0 Å². The van der Waals surface area contributed by atoms with E-state index in [0.717, 1.165) is 10.4 Å². The summed E-state index contributed by atoms with van der Waals surface area (Å²) in [7, 11) is 0. The maximum atomic E-state index is 10.8. The predicted octanol–water partition coefficient (Wildman–Crippen LogP) is 4.13. The lowest BCUT2D eigenvalue weighted by Gasteiger charge is -1.95. The molecule has 0 amide bonds. The number of carbonyl (C=O) groups is 1. The van der Waals surface area contributed by atoms with Crippen LogP contribution in [0.4, 0.5) is 0 Å². The lowest BCUT2D eigenvalue weighted by molar-refractivity contribution is 0.0697. The summed E-state index contributed by atoms with van der Waals surface area (Å²) in [6.07, 6.45) is 0. The second-order valence-corrected chi connectivity index (χ2v) is 5.63. The third kappa shape index (κ3) is 2.55. The molecule has 0 atom stereocenters. The minimum Gasteiger partial charge on any atom is -0.478 e.